The van der Waals surface area contributed by atoms with Crippen molar-refractivity contribution in [1.82, 2.24) is 0 Å². The molecule has 0 aliphatic heterocycles. The lowest BCUT2D eigenvalue weighted by molar-refractivity contribution is 0.105. The minimum Gasteiger partial charge on any atom is -0.368 e. The molecule has 1 unspecified atom stereocenters. The first-order chi connectivity index (χ1) is 7.79. The van der Waals surface area contributed by atoms with Gasteiger partial charge in [-0.05, 0) is 30.6 Å². The van der Waals surface area contributed by atoms with Crippen LogP contribution in [0.2, 0.25) is 0 Å². The second kappa shape index (κ2) is 4.67. The fourth-order valence-electron chi connectivity index (χ4n) is 2.55. The molecule has 1 fully saturated rings. The average Bonchev–Trinajstić information content (AvgIpc) is 2.41. The van der Waals surface area contributed by atoms with E-state index in [2.05, 4.69) is 0 Å². The van der Waals surface area contributed by atoms with Gasteiger partial charge in [0.25, 0.3) is 5.08 Å². The number of aliphatic hydroxyl groups is 1. The van der Waals surface area contributed by atoms with Crippen molar-refractivity contribution in [1.29, 1.82) is 0 Å². The molecule has 0 aromatic rings. The third-order valence-corrected chi connectivity index (χ3v) is 7.36. The molecule has 1 aliphatic carbocycles. The van der Waals surface area contributed by atoms with Crippen LogP contribution in [0.15, 0.2) is 0 Å². The van der Waals surface area contributed by atoms with Crippen LogP contribution in [0.3, 0.4) is 0 Å². The molecule has 9 heteroatoms. The van der Waals surface area contributed by atoms with E-state index in [-0.39, 0.29) is 11.3 Å². The summed E-state index contributed by atoms with van der Waals surface area (Å²) in [6.45, 7) is 3.95. The van der Waals surface area contributed by atoms with Crippen LogP contribution in [0.4, 0.5) is 0 Å². The van der Waals surface area contributed by atoms with E-state index < -0.39 is 26.7 Å². The molecule has 1 saturated carbocycles. The zero-order chi connectivity index (χ0) is 14.4. The van der Waals surface area contributed by atoms with Gasteiger partial charge in [0.15, 0.2) is 0 Å². The molecule has 5 N–H and O–H groups in total. The Hall–Kier alpha value is 0.260. The van der Waals surface area contributed by atoms with Crippen LogP contribution in [-0.2, 0) is 9.13 Å². The van der Waals surface area contributed by atoms with Gasteiger partial charge in [-0.2, -0.15) is 0 Å². The van der Waals surface area contributed by atoms with Crippen molar-refractivity contribution in [3.63, 3.8) is 0 Å². The summed E-state index contributed by atoms with van der Waals surface area (Å²) in [7, 11) is -10.6. The van der Waals surface area contributed by atoms with E-state index in [1.807, 2.05) is 13.8 Å². The summed E-state index contributed by atoms with van der Waals surface area (Å²) in [6.07, 6.45) is 1.39. The zero-order valence-electron chi connectivity index (χ0n) is 10.4. The van der Waals surface area contributed by atoms with Gasteiger partial charge in [-0.3, -0.25) is 9.13 Å². The van der Waals surface area contributed by atoms with E-state index in [0.717, 1.165) is 6.42 Å². The molecule has 0 saturated heterocycles. The Kier molecular flexibility index (Phi) is 4.23. The van der Waals surface area contributed by atoms with Crippen molar-refractivity contribution >= 4 is 15.2 Å². The van der Waals surface area contributed by atoms with Gasteiger partial charge in [0.2, 0.25) is 0 Å². The Morgan fingerprint density at radius 2 is 1.61 bits per heavy atom. The van der Waals surface area contributed by atoms with Crippen LogP contribution in [0.25, 0.3) is 0 Å². The maximum atomic E-state index is 11.2. The highest BCUT2D eigenvalue weighted by atomic mass is 31.2. The third kappa shape index (κ3) is 3.23. The molecule has 0 aromatic carbocycles. The first-order valence-electron chi connectivity index (χ1n) is 5.62. The highest BCUT2D eigenvalue weighted by molar-refractivity contribution is 7.72. The lowest BCUT2D eigenvalue weighted by Gasteiger charge is -2.31. The summed E-state index contributed by atoms with van der Waals surface area (Å²) in [4.78, 5) is 36.1. The molecule has 0 aromatic heterocycles. The lowest BCUT2D eigenvalue weighted by atomic mass is 9.90. The van der Waals surface area contributed by atoms with Crippen LogP contribution >= 0.6 is 15.2 Å². The van der Waals surface area contributed by atoms with Crippen molar-refractivity contribution in [3.05, 3.63) is 0 Å². The van der Waals surface area contributed by atoms with E-state index in [4.69, 9.17) is 19.6 Å². The summed E-state index contributed by atoms with van der Waals surface area (Å²) in [5.74, 6) is -0.301. The molecule has 108 valence electrons. The predicted molar refractivity (Wildman–Crippen MR) is 64.8 cm³/mol. The SMILES string of the molecule is CC1(C)CCC(CC(O)(P(=O)(O)O)P(=O)(O)O)C1. The highest BCUT2D eigenvalue weighted by Gasteiger charge is 2.60. The molecule has 7 nitrogen and oxygen atoms in total. The summed E-state index contributed by atoms with van der Waals surface area (Å²) < 4.78 is 22.4. The van der Waals surface area contributed by atoms with Crippen molar-refractivity contribution in [2.75, 3.05) is 0 Å². The Morgan fingerprint density at radius 3 is 1.89 bits per heavy atom. The van der Waals surface area contributed by atoms with Crippen LogP contribution in [0, 0.1) is 11.3 Å². The number of hydrogen-bond acceptors (Lipinski definition) is 3. The van der Waals surface area contributed by atoms with Gasteiger partial charge < -0.3 is 24.7 Å². The third-order valence-electron chi connectivity index (χ3n) is 3.57. The predicted octanol–water partition coefficient (Wildman–Crippen LogP) is 1.20. The largest absolute Gasteiger partial charge is 0.369 e. The molecule has 0 radical (unpaired) electrons. The van der Waals surface area contributed by atoms with Crippen molar-refractivity contribution in [2.24, 2.45) is 11.3 Å². The summed E-state index contributed by atoms with van der Waals surface area (Å²) in [6, 6.07) is 0. The van der Waals surface area contributed by atoms with Crippen molar-refractivity contribution in [2.45, 2.75) is 44.6 Å². The van der Waals surface area contributed by atoms with E-state index in [9.17, 15) is 14.2 Å². The molecular formula is C9H20O7P2. The average molecular weight is 302 g/mol. The Balaban J connectivity index is 2.96. The smallest absolute Gasteiger partial charge is 0.368 e. The van der Waals surface area contributed by atoms with Crippen LogP contribution in [0.5, 0.6) is 0 Å². The second-order valence-electron chi connectivity index (χ2n) is 5.84. The minimum atomic E-state index is -5.31. The fourth-order valence-corrected chi connectivity index (χ4v) is 4.90. The molecule has 1 atom stereocenters. The first-order valence-corrected chi connectivity index (χ1v) is 8.85. The topological polar surface area (TPSA) is 135 Å². The van der Waals surface area contributed by atoms with Gasteiger partial charge >= 0.3 is 15.2 Å². The molecule has 0 amide bonds. The minimum absolute atomic E-state index is 0.0324. The second-order valence-corrected chi connectivity index (χ2v) is 9.85. The zero-order valence-corrected chi connectivity index (χ0v) is 12.1. The summed E-state index contributed by atoms with van der Waals surface area (Å²) in [5, 5.41) is 6.53. The Morgan fingerprint density at radius 1 is 1.17 bits per heavy atom. The molecule has 0 spiro atoms. The van der Waals surface area contributed by atoms with Gasteiger partial charge in [0.1, 0.15) is 0 Å². The van der Waals surface area contributed by atoms with Crippen LogP contribution in [0.1, 0.15) is 39.5 Å². The van der Waals surface area contributed by atoms with Gasteiger partial charge in [-0.1, -0.05) is 13.8 Å². The monoisotopic (exact) mass is 302 g/mol. The highest BCUT2D eigenvalue weighted by Crippen LogP contribution is 2.70. The first kappa shape index (κ1) is 16.3. The van der Waals surface area contributed by atoms with Gasteiger partial charge in [0.05, 0.1) is 0 Å². The van der Waals surface area contributed by atoms with Crippen molar-refractivity contribution < 1.29 is 33.8 Å². The molecule has 18 heavy (non-hydrogen) atoms. The van der Waals surface area contributed by atoms with Crippen molar-refractivity contribution in [3.8, 4) is 0 Å². The number of hydrogen-bond donors (Lipinski definition) is 5. The summed E-state index contributed by atoms with van der Waals surface area (Å²) >= 11 is 0. The van der Waals surface area contributed by atoms with E-state index in [1.165, 1.54) is 0 Å². The van der Waals surface area contributed by atoms with Gasteiger partial charge in [-0.15, -0.1) is 0 Å². The lowest BCUT2D eigenvalue weighted by Crippen LogP contribution is -2.31. The van der Waals surface area contributed by atoms with Gasteiger partial charge in [-0.25, -0.2) is 0 Å². The standard InChI is InChI=1S/C9H20O7P2/c1-8(2)4-3-7(5-8)6-9(10,17(11,12)13)18(14,15)16/h7,10H,3-6H2,1-2H3,(H2,11,12,13)(H2,14,15,16). The molecule has 0 heterocycles. The molecular weight excluding hydrogens is 282 g/mol. The molecule has 0 bridgehead atoms. The normalized spacial score (nSPS) is 25.4. The van der Waals surface area contributed by atoms with Crippen LogP contribution in [-0.4, -0.2) is 29.8 Å². The van der Waals surface area contributed by atoms with Crippen LogP contribution < -0.4 is 0 Å². The van der Waals surface area contributed by atoms with E-state index in [0.29, 0.717) is 12.8 Å². The molecule has 1 rings (SSSR count). The maximum Gasteiger partial charge on any atom is 0.369 e. The Bertz CT molecular complexity index is 385. The molecule has 1 aliphatic rings. The van der Waals surface area contributed by atoms with E-state index >= 15 is 0 Å². The quantitative estimate of drug-likeness (QED) is 0.492. The van der Waals surface area contributed by atoms with Gasteiger partial charge in [0, 0.05) is 6.42 Å². The fraction of sp³-hybridized carbons (Fsp3) is 1.00. The van der Waals surface area contributed by atoms with E-state index in [1.54, 1.807) is 0 Å². The Labute approximate surface area is 106 Å². The summed E-state index contributed by atoms with van der Waals surface area (Å²) in [5.41, 5.74) is -0.0324. The maximum absolute atomic E-state index is 11.2. The number of rotatable bonds is 4.